The molecule has 0 bridgehead atoms. The number of nitrogens with one attached hydrogen (secondary N) is 3. The third-order valence-corrected chi connectivity index (χ3v) is 3.75. The van der Waals surface area contributed by atoms with Gasteiger partial charge in [0, 0.05) is 25.8 Å². The second-order valence-corrected chi connectivity index (χ2v) is 5.68. The summed E-state index contributed by atoms with van der Waals surface area (Å²) >= 11 is 0. The van der Waals surface area contributed by atoms with Crippen LogP contribution in [0.3, 0.4) is 0 Å². The summed E-state index contributed by atoms with van der Waals surface area (Å²) in [4.78, 5) is 15.3. The van der Waals surface area contributed by atoms with Gasteiger partial charge in [-0.25, -0.2) is 9.18 Å². The first-order valence-electron chi connectivity index (χ1n) is 8.15. The normalized spacial score (nSPS) is 10.6. The highest BCUT2D eigenvalue weighted by molar-refractivity contribution is 14.0. The number of hydrogen-bond acceptors (Lipinski definition) is 3. The largest absolute Gasteiger partial charge is 0.453 e. The van der Waals surface area contributed by atoms with E-state index in [4.69, 9.17) is 0 Å². The lowest BCUT2D eigenvalue weighted by atomic mass is 10.1. The van der Waals surface area contributed by atoms with Crippen LogP contribution in [0.4, 0.5) is 14.9 Å². The topological polar surface area (TPSA) is 74.8 Å². The molecule has 0 spiro atoms. The van der Waals surface area contributed by atoms with Crippen molar-refractivity contribution >= 4 is 41.7 Å². The van der Waals surface area contributed by atoms with Crippen molar-refractivity contribution in [2.75, 3.05) is 19.5 Å². The molecule has 0 fully saturated rings. The van der Waals surface area contributed by atoms with Gasteiger partial charge in [-0.1, -0.05) is 24.3 Å². The molecule has 2 aromatic carbocycles. The molecule has 3 N–H and O–H groups in total. The van der Waals surface area contributed by atoms with Crippen molar-refractivity contribution in [3.8, 4) is 0 Å². The molecular formula is C19H24FIN4O2. The van der Waals surface area contributed by atoms with Crippen LogP contribution in [0.1, 0.15) is 16.7 Å². The zero-order valence-electron chi connectivity index (χ0n) is 15.5. The highest BCUT2D eigenvalue weighted by Gasteiger charge is 2.03. The summed E-state index contributed by atoms with van der Waals surface area (Å²) in [5.41, 5.74) is 3.29. The van der Waals surface area contributed by atoms with Gasteiger partial charge in [-0.05, 0) is 41.8 Å². The van der Waals surface area contributed by atoms with E-state index >= 15 is 0 Å². The third kappa shape index (κ3) is 7.41. The molecule has 2 rings (SSSR count). The number of ether oxygens (including phenoxy) is 1. The third-order valence-electron chi connectivity index (χ3n) is 3.75. The van der Waals surface area contributed by atoms with E-state index in [1.54, 1.807) is 32.2 Å². The van der Waals surface area contributed by atoms with Crippen molar-refractivity contribution in [1.82, 2.24) is 10.6 Å². The number of carbonyl (C=O) groups excluding carboxylic acids is 1. The van der Waals surface area contributed by atoms with Gasteiger partial charge in [-0.3, -0.25) is 10.3 Å². The molecule has 0 saturated carbocycles. The molecule has 0 radical (unpaired) electrons. The van der Waals surface area contributed by atoms with E-state index in [-0.39, 0.29) is 29.8 Å². The maximum absolute atomic E-state index is 13.3. The summed E-state index contributed by atoms with van der Waals surface area (Å²) in [6.45, 7) is 2.86. The van der Waals surface area contributed by atoms with Crippen molar-refractivity contribution in [1.29, 1.82) is 0 Å². The predicted octanol–water partition coefficient (Wildman–Crippen LogP) is 3.80. The summed E-state index contributed by atoms with van der Waals surface area (Å²) < 4.78 is 17.9. The van der Waals surface area contributed by atoms with Crippen LogP contribution in [-0.2, 0) is 17.8 Å². The van der Waals surface area contributed by atoms with E-state index in [0.29, 0.717) is 30.3 Å². The second kappa shape index (κ2) is 11.4. The van der Waals surface area contributed by atoms with Gasteiger partial charge in [0.1, 0.15) is 5.82 Å². The van der Waals surface area contributed by atoms with Gasteiger partial charge in [0.15, 0.2) is 5.96 Å². The summed E-state index contributed by atoms with van der Waals surface area (Å²) in [5.74, 6) is 0.435. The molecule has 0 atom stereocenters. The number of aliphatic imine (C=N–C) groups is 1. The molecule has 0 aromatic heterocycles. The fourth-order valence-electron chi connectivity index (χ4n) is 2.28. The number of halogens is 2. The number of rotatable bonds is 5. The Morgan fingerprint density at radius 1 is 1.07 bits per heavy atom. The second-order valence-electron chi connectivity index (χ2n) is 5.68. The number of carbonyl (C=O) groups is 1. The first-order valence-corrected chi connectivity index (χ1v) is 8.15. The van der Waals surface area contributed by atoms with Gasteiger partial charge < -0.3 is 15.4 Å². The van der Waals surface area contributed by atoms with Crippen molar-refractivity contribution in [2.45, 2.75) is 20.0 Å². The summed E-state index contributed by atoms with van der Waals surface area (Å²) in [6, 6.07) is 12.4. The van der Waals surface area contributed by atoms with Gasteiger partial charge in [0.25, 0.3) is 0 Å². The first kappa shape index (κ1) is 22.7. The van der Waals surface area contributed by atoms with Crippen LogP contribution in [0.2, 0.25) is 0 Å². The van der Waals surface area contributed by atoms with Crippen molar-refractivity contribution in [3.63, 3.8) is 0 Å². The van der Waals surface area contributed by atoms with Crippen LogP contribution in [-0.4, -0.2) is 26.2 Å². The Morgan fingerprint density at radius 2 is 1.67 bits per heavy atom. The SMILES string of the molecule is CN=C(NCc1ccc(NC(=O)OC)cc1)NCc1ccc(F)c(C)c1.I. The Bertz CT molecular complexity index is 782. The molecule has 0 heterocycles. The van der Waals surface area contributed by atoms with Crippen molar-refractivity contribution in [3.05, 3.63) is 65.0 Å². The Labute approximate surface area is 175 Å². The lowest BCUT2D eigenvalue weighted by molar-refractivity contribution is 0.187. The molecule has 0 aliphatic carbocycles. The molecule has 6 nitrogen and oxygen atoms in total. The Hall–Kier alpha value is -2.36. The molecule has 0 saturated heterocycles. The van der Waals surface area contributed by atoms with Gasteiger partial charge in [0.2, 0.25) is 0 Å². The van der Waals surface area contributed by atoms with Gasteiger partial charge in [-0.15, -0.1) is 24.0 Å². The van der Waals surface area contributed by atoms with Crippen LogP contribution in [0.15, 0.2) is 47.5 Å². The number of guanidine groups is 1. The minimum absolute atomic E-state index is 0. The number of methoxy groups -OCH3 is 1. The minimum Gasteiger partial charge on any atom is -0.453 e. The lowest BCUT2D eigenvalue weighted by Gasteiger charge is -2.13. The molecule has 146 valence electrons. The van der Waals surface area contributed by atoms with Gasteiger partial charge in [-0.2, -0.15) is 0 Å². The summed E-state index contributed by atoms with van der Waals surface area (Å²) in [5, 5.41) is 8.99. The zero-order valence-corrected chi connectivity index (χ0v) is 17.8. The Kier molecular flexibility index (Phi) is 9.55. The maximum Gasteiger partial charge on any atom is 0.411 e. The molecule has 1 amide bonds. The Morgan fingerprint density at radius 3 is 2.22 bits per heavy atom. The fraction of sp³-hybridized carbons (Fsp3) is 0.263. The standard InChI is InChI=1S/C19H23FN4O2.HI/c1-13-10-15(6-9-17(13)20)12-23-18(21-2)22-11-14-4-7-16(8-5-14)24-19(25)26-3;/h4-10H,11-12H2,1-3H3,(H,24,25)(H2,21,22,23);1H. The van der Waals surface area contributed by atoms with E-state index in [1.807, 2.05) is 18.2 Å². The number of aryl methyl sites for hydroxylation is 1. The van der Waals surface area contributed by atoms with Gasteiger partial charge in [0.05, 0.1) is 7.11 Å². The first-order chi connectivity index (χ1) is 12.5. The Balaban J connectivity index is 0.00000364. The number of anilines is 1. The van der Waals surface area contributed by atoms with Crippen LogP contribution < -0.4 is 16.0 Å². The average Bonchev–Trinajstić information content (AvgIpc) is 2.65. The molecule has 0 aliphatic rings. The van der Waals surface area contributed by atoms with E-state index in [9.17, 15) is 9.18 Å². The molecule has 0 unspecified atom stereocenters. The monoisotopic (exact) mass is 486 g/mol. The highest BCUT2D eigenvalue weighted by atomic mass is 127. The van der Waals surface area contributed by atoms with Crippen LogP contribution in [0.25, 0.3) is 0 Å². The molecule has 2 aromatic rings. The van der Waals surface area contributed by atoms with Crippen LogP contribution >= 0.6 is 24.0 Å². The molecule has 8 heteroatoms. The smallest absolute Gasteiger partial charge is 0.411 e. The van der Waals surface area contributed by atoms with E-state index in [2.05, 4.69) is 25.7 Å². The zero-order chi connectivity index (χ0) is 18.9. The fourth-order valence-corrected chi connectivity index (χ4v) is 2.28. The molecule has 0 aliphatic heterocycles. The summed E-state index contributed by atoms with van der Waals surface area (Å²) in [6.07, 6.45) is -0.503. The van der Waals surface area contributed by atoms with E-state index in [1.165, 1.54) is 13.2 Å². The van der Waals surface area contributed by atoms with Gasteiger partial charge >= 0.3 is 6.09 Å². The van der Waals surface area contributed by atoms with Crippen LogP contribution in [0, 0.1) is 12.7 Å². The quantitative estimate of drug-likeness (QED) is 0.342. The number of benzene rings is 2. The van der Waals surface area contributed by atoms with E-state index < -0.39 is 6.09 Å². The minimum atomic E-state index is -0.503. The van der Waals surface area contributed by atoms with Crippen molar-refractivity contribution in [2.24, 2.45) is 4.99 Å². The summed E-state index contributed by atoms with van der Waals surface area (Å²) in [7, 11) is 3.01. The lowest BCUT2D eigenvalue weighted by Crippen LogP contribution is -2.36. The predicted molar refractivity (Wildman–Crippen MR) is 116 cm³/mol. The number of hydrogen-bond donors (Lipinski definition) is 3. The molecular weight excluding hydrogens is 462 g/mol. The molecule has 27 heavy (non-hydrogen) atoms. The number of nitrogens with zero attached hydrogens (tertiary/aromatic N) is 1. The highest BCUT2D eigenvalue weighted by Crippen LogP contribution is 2.10. The number of amides is 1. The van der Waals surface area contributed by atoms with Crippen LogP contribution in [0.5, 0.6) is 0 Å². The van der Waals surface area contributed by atoms with Crippen molar-refractivity contribution < 1.29 is 13.9 Å². The maximum atomic E-state index is 13.3. The van der Waals surface area contributed by atoms with E-state index in [0.717, 1.165) is 11.1 Å². The average molecular weight is 486 g/mol.